The van der Waals surface area contributed by atoms with Crippen molar-refractivity contribution in [3.05, 3.63) is 71.4 Å². The van der Waals surface area contributed by atoms with Gasteiger partial charge in [-0.25, -0.2) is 0 Å². The standard InChI is InChI=1S/C46H60F2N5O12P/c1-44(2,3)42(59)62-26-64-66(61,65-27-63-43(60)45(4,5)6)46(47,48)30-17-19-32-29(24-30)25-35(50-32)39(56)52-34-15-11-10-14-31-18-21-36(53(31)41(34)58)40(57)51-33(20-23-38(49)55)37(54)22-16-28-12-8-7-9-13-28/h7-9,12-13,17,19,24-25,31,33-34,36,50H,10-11,14-16,18,20-23,26-27H2,1-6H3,(H2,49,55)(H,51,57)(H,52,56)/t31-,33-,34-,36-/m0/s1. The minimum absolute atomic E-state index is 0.00838. The van der Waals surface area contributed by atoms with Crippen LogP contribution in [0.3, 0.4) is 0 Å². The number of ether oxygens (including phenoxy) is 2. The van der Waals surface area contributed by atoms with E-state index in [1.165, 1.54) is 58.6 Å². The highest BCUT2D eigenvalue weighted by molar-refractivity contribution is 7.54. The van der Waals surface area contributed by atoms with Crippen LogP contribution in [-0.4, -0.2) is 89.0 Å². The maximum atomic E-state index is 16.3. The van der Waals surface area contributed by atoms with Crippen molar-refractivity contribution in [2.24, 2.45) is 16.6 Å². The fraction of sp³-hybridized carbons (Fsp3) is 0.543. The molecule has 0 bridgehead atoms. The molecule has 5 N–H and O–H groups in total. The van der Waals surface area contributed by atoms with E-state index in [1.807, 2.05) is 30.3 Å². The van der Waals surface area contributed by atoms with Crippen LogP contribution in [0, 0.1) is 10.8 Å². The molecule has 2 aliphatic heterocycles. The lowest BCUT2D eigenvalue weighted by atomic mass is 9.98. The summed E-state index contributed by atoms with van der Waals surface area (Å²) in [5.74, 6) is -4.39. The van der Waals surface area contributed by atoms with Crippen molar-refractivity contribution < 1.29 is 65.4 Å². The Labute approximate surface area is 382 Å². The summed E-state index contributed by atoms with van der Waals surface area (Å²) < 4.78 is 66.3. The van der Waals surface area contributed by atoms with Gasteiger partial charge in [0, 0.05) is 35.3 Å². The normalized spacial score (nSPS) is 18.7. The molecule has 4 atom stereocenters. The number of rotatable bonds is 19. The Morgan fingerprint density at radius 2 is 1.47 bits per heavy atom. The molecule has 2 saturated heterocycles. The van der Waals surface area contributed by atoms with E-state index in [4.69, 9.17) is 24.3 Å². The molecule has 17 nitrogen and oxygen atoms in total. The number of hydrogen-bond acceptors (Lipinski definition) is 12. The Hall–Kier alpha value is -5.52. The van der Waals surface area contributed by atoms with E-state index in [1.54, 1.807) is 0 Å². The van der Waals surface area contributed by atoms with E-state index < -0.39 is 96.9 Å². The molecule has 3 aromatic rings. The van der Waals surface area contributed by atoms with Crippen LogP contribution in [0.25, 0.3) is 10.9 Å². The van der Waals surface area contributed by atoms with Gasteiger partial charge in [0.25, 0.3) is 5.91 Å². The van der Waals surface area contributed by atoms with Gasteiger partial charge >= 0.3 is 25.2 Å². The molecule has 2 fully saturated rings. The Balaban J connectivity index is 1.31. The molecule has 360 valence electrons. The predicted octanol–water partition coefficient (Wildman–Crippen LogP) is 6.52. The molecule has 1 aromatic heterocycles. The molecule has 3 heterocycles. The van der Waals surface area contributed by atoms with Crippen molar-refractivity contribution in [2.45, 2.75) is 136 Å². The number of halogens is 2. The monoisotopic (exact) mass is 943 g/mol. The van der Waals surface area contributed by atoms with E-state index in [-0.39, 0.29) is 54.1 Å². The van der Waals surface area contributed by atoms with Gasteiger partial charge in [0.2, 0.25) is 31.3 Å². The summed E-state index contributed by atoms with van der Waals surface area (Å²) >= 11 is 0. The van der Waals surface area contributed by atoms with Crippen molar-refractivity contribution in [2.75, 3.05) is 13.6 Å². The van der Waals surface area contributed by atoms with Gasteiger partial charge in [-0.15, -0.1) is 0 Å². The number of Topliss-reactive ketones (excluding diaryl/α,β-unsaturated/α-hetero) is 1. The number of alkyl halides is 2. The van der Waals surface area contributed by atoms with E-state index in [9.17, 15) is 38.1 Å². The van der Waals surface area contributed by atoms with E-state index in [0.29, 0.717) is 38.5 Å². The van der Waals surface area contributed by atoms with Gasteiger partial charge in [0.15, 0.2) is 5.78 Å². The first kappa shape index (κ1) is 51.5. The van der Waals surface area contributed by atoms with Crippen LogP contribution in [0.15, 0.2) is 54.6 Å². The van der Waals surface area contributed by atoms with E-state index >= 15 is 8.78 Å². The molecule has 4 amide bonds. The number of esters is 2. The van der Waals surface area contributed by atoms with Crippen molar-refractivity contribution in [3.8, 4) is 0 Å². The van der Waals surface area contributed by atoms with Crippen LogP contribution >= 0.6 is 7.60 Å². The number of aryl methyl sites for hydroxylation is 1. The fourth-order valence-electron chi connectivity index (χ4n) is 7.64. The van der Waals surface area contributed by atoms with E-state index in [0.717, 1.165) is 17.7 Å². The average molecular weight is 944 g/mol. The van der Waals surface area contributed by atoms with Crippen molar-refractivity contribution in [1.29, 1.82) is 0 Å². The van der Waals surface area contributed by atoms with Crippen LogP contribution in [0.1, 0.15) is 121 Å². The zero-order chi connectivity index (χ0) is 48.6. The van der Waals surface area contributed by atoms with Gasteiger partial charge in [0.1, 0.15) is 17.8 Å². The van der Waals surface area contributed by atoms with Gasteiger partial charge in [0.05, 0.1) is 16.9 Å². The first-order valence-electron chi connectivity index (χ1n) is 21.9. The number of ketones is 1. The van der Waals surface area contributed by atoms with Crippen molar-refractivity contribution in [1.82, 2.24) is 20.5 Å². The summed E-state index contributed by atoms with van der Waals surface area (Å²) in [5.41, 5.74) is -0.946. The highest BCUT2D eigenvalue weighted by Gasteiger charge is 2.56. The maximum Gasteiger partial charge on any atom is 0.410 e. The number of nitrogens with two attached hydrogens (primary N) is 1. The molecular weight excluding hydrogens is 883 g/mol. The van der Waals surface area contributed by atoms with Crippen LogP contribution < -0.4 is 16.4 Å². The third-order valence-corrected chi connectivity index (χ3v) is 13.3. The number of nitrogens with one attached hydrogen (secondary N) is 3. The summed E-state index contributed by atoms with van der Waals surface area (Å²) in [6.07, 6.45) is 3.36. The smallest absolute Gasteiger partial charge is 0.410 e. The van der Waals surface area contributed by atoms with Crippen LogP contribution in [0.5, 0.6) is 0 Å². The maximum absolute atomic E-state index is 16.3. The third kappa shape index (κ3) is 12.9. The van der Waals surface area contributed by atoms with Crippen LogP contribution in [-0.2, 0) is 63.9 Å². The third-order valence-electron chi connectivity index (χ3n) is 11.4. The molecule has 0 spiro atoms. The lowest BCUT2D eigenvalue weighted by molar-refractivity contribution is -0.163. The molecule has 2 aliphatic rings. The van der Waals surface area contributed by atoms with Gasteiger partial charge in [-0.3, -0.25) is 47.2 Å². The molecule has 0 aliphatic carbocycles. The number of hydrogen-bond donors (Lipinski definition) is 4. The molecule has 2 aromatic carbocycles. The van der Waals surface area contributed by atoms with Crippen LogP contribution in [0.4, 0.5) is 8.78 Å². The molecule has 66 heavy (non-hydrogen) atoms. The highest BCUT2D eigenvalue weighted by Crippen LogP contribution is 2.67. The van der Waals surface area contributed by atoms with Crippen molar-refractivity contribution >= 4 is 59.8 Å². The number of benzene rings is 2. The fourth-order valence-corrected chi connectivity index (χ4v) is 8.88. The van der Waals surface area contributed by atoms with Gasteiger partial charge < -0.3 is 35.7 Å². The average Bonchev–Trinajstić information content (AvgIpc) is 3.88. The topological polar surface area (TPSA) is 243 Å². The Morgan fingerprint density at radius 3 is 2.08 bits per heavy atom. The van der Waals surface area contributed by atoms with Gasteiger partial charge in [-0.1, -0.05) is 49.2 Å². The minimum Gasteiger partial charge on any atom is -0.438 e. The number of fused-ring (bicyclic) bond motifs is 2. The molecule has 0 saturated carbocycles. The molecule has 0 radical (unpaired) electrons. The predicted molar refractivity (Wildman–Crippen MR) is 236 cm³/mol. The lowest BCUT2D eigenvalue weighted by Gasteiger charge is -2.35. The van der Waals surface area contributed by atoms with Crippen LogP contribution in [0.2, 0.25) is 0 Å². The zero-order valence-electron chi connectivity index (χ0n) is 38.1. The van der Waals surface area contributed by atoms with Gasteiger partial charge in [-0.2, -0.15) is 8.78 Å². The Kier molecular flexibility index (Phi) is 16.7. The number of amides is 4. The Bertz CT molecular complexity index is 2290. The second-order valence-corrected chi connectivity index (χ2v) is 20.8. The first-order chi connectivity index (χ1) is 30.9. The lowest BCUT2D eigenvalue weighted by Crippen LogP contribution is -2.57. The number of carbonyl (C=O) groups excluding carboxylic acids is 7. The largest absolute Gasteiger partial charge is 0.438 e. The minimum atomic E-state index is -5.63. The number of aromatic amines is 1. The number of H-pyrrole nitrogens is 1. The quantitative estimate of drug-likeness (QED) is 0.0570. The summed E-state index contributed by atoms with van der Waals surface area (Å²) in [6, 6.07) is 10.3. The first-order valence-corrected chi connectivity index (χ1v) is 23.5. The van der Waals surface area contributed by atoms with Gasteiger partial charge in [-0.05, 0) is 104 Å². The molecule has 20 heteroatoms. The van der Waals surface area contributed by atoms with Crippen molar-refractivity contribution in [3.63, 3.8) is 0 Å². The number of primary amides is 1. The highest BCUT2D eigenvalue weighted by atomic mass is 31.2. The summed E-state index contributed by atoms with van der Waals surface area (Å²) in [4.78, 5) is 96.1. The molecule has 0 unspecified atom stereocenters. The van der Waals surface area contributed by atoms with E-state index in [2.05, 4.69) is 15.6 Å². The Morgan fingerprint density at radius 1 is 0.848 bits per heavy atom. The second kappa shape index (κ2) is 21.4. The summed E-state index contributed by atoms with van der Waals surface area (Å²) in [6.45, 7) is 6.70. The summed E-state index contributed by atoms with van der Waals surface area (Å²) in [7, 11) is -5.63. The number of aromatic nitrogens is 1. The number of carbonyl (C=O) groups is 7. The molecule has 5 rings (SSSR count). The number of nitrogens with zero attached hydrogens (tertiary/aromatic N) is 1. The second-order valence-electron chi connectivity index (χ2n) is 18.7. The SMILES string of the molecule is CC(C)(C)C(=O)OCOP(=O)(OCOC(=O)C(C)(C)C)C(F)(F)c1ccc2[nH]c(C(=O)N[C@H]3CCCC[C@H]4CC[C@@H](C(=O)N[C@@H](CCC(N)=O)C(=O)CCc5ccccc5)N4C3=O)cc2c1. The summed E-state index contributed by atoms with van der Waals surface area (Å²) in [5, 5.41) is 5.62. The molecular formula is C46H60F2N5O12P. The zero-order valence-corrected chi connectivity index (χ0v) is 39.0.